The molecule has 2 amide bonds. The standard InChI is InChI=1S/C27H30ClF3N2O6S/c1-14(34)13-32-24(35)12-27(37)16-3-4-17(27)10-19(9-16)40(38,39)23-8-15(2-6-21(23)28)26(36)33-18-5-7-22(29)20(11-18)25(30)31/h2,5-8,11,14,16-17,19,25,34,37H,3-4,9-10,12-13H2,1H3,(H,32,35)(H,33,36)/t14-,16-,17?,19?,27?/m0/s1. The number of hydrogen-bond donors (Lipinski definition) is 4. The smallest absolute Gasteiger partial charge is 0.266 e. The molecule has 2 aliphatic carbocycles. The van der Waals surface area contributed by atoms with Crippen molar-refractivity contribution in [3.8, 4) is 0 Å². The second-order valence-corrected chi connectivity index (χ2v) is 13.2. The Morgan fingerprint density at radius 2 is 1.77 bits per heavy atom. The number of carbonyl (C=O) groups excluding carboxylic acids is 2. The number of aliphatic hydroxyl groups is 2. The van der Waals surface area contributed by atoms with Gasteiger partial charge >= 0.3 is 0 Å². The molecule has 13 heteroatoms. The monoisotopic (exact) mass is 602 g/mol. The number of aliphatic hydroxyl groups excluding tert-OH is 1. The van der Waals surface area contributed by atoms with Crippen LogP contribution in [0.4, 0.5) is 18.9 Å². The topological polar surface area (TPSA) is 133 Å². The number of hydrogen-bond acceptors (Lipinski definition) is 6. The Balaban J connectivity index is 1.52. The summed E-state index contributed by atoms with van der Waals surface area (Å²) < 4.78 is 67.1. The van der Waals surface area contributed by atoms with Gasteiger partial charge in [-0.15, -0.1) is 0 Å². The van der Waals surface area contributed by atoms with Crippen LogP contribution in [0.5, 0.6) is 0 Å². The van der Waals surface area contributed by atoms with Gasteiger partial charge in [-0.25, -0.2) is 21.6 Å². The van der Waals surface area contributed by atoms with Crippen LogP contribution in [0.1, 0.15) is 61.4 Å². The van der Waals surface area contributed by atoms with Gasteiger partial charge in [-0.2, -0.15) is 0 Å². The maximum atomic E-state index is 13.7. The zero-order valence-electron chi connectivity index (χ0n) is 21.5. The molecule has 2 fully saturated rings. The second kappa shape index (κ2) is 11.7. The molecule has 218 valence electrons. The summed E-state index contributed by atoms with van der Waals surface area (Å²) in [6.07, 6.45) is -2.75. The molecule has 2 saturated carbocycles. The van der Waals surface area contributed by atoms with E-state index in [9.17, 15) is 41.4 Å². The summed E-state index contributed by atoms with van der Waals surface area (Å²) in [4.78, 5) is 24.9. The van der Waals surface area contributed by atoms with E-state index in [0.29, 0.717) is 12.8 Å². The molecule has 40 heavy (non-hydrogen) atoms. The molecule has 0 heterocycles. The Hall–Kier alpha value is -2.67. The molecular formula is C27H30ClF3N2O6S. The van der Waals surface area contributed by atoms with Crippen LogP contribution in [0, 0.1) is 17.7 Å². The number of anilines is 1. The Bertz CT molecular complexity index is 1390. The van der Waals surface area contributed by atoms with E-state index in [1.807, 2.05) is 0 Å². The van der Waals surface area contributed by atoms with Crippen molar-refractivity contribution in [3.05, 3.63) is 58.4 Å². The van der Waals surface area contributed by atoms with Crippen molar-refractivity contribution in [2.24, 2.45) is 11.8 Å². The minimum Gasteiger partial charge on any atom is -0.392 e. The molecule has 0 saturated heterocycles. The molecule has 0 radical (unpaired) electrons. The number of sulfone groups is 1. The molecule has 2 aliphatic rings. The molecule has 5 atom stereocenters. The predicted octanol–water partition coefficient (Wildman–Crippen LogP) is 4.25. The van der Waals surface area contributed by atoms with Gasteiger partial charge in [0, 0.05) is 17.8 Å². The van der Waals surface area contributed by atoms with Crippen LogP contribution >= 0.6 is 11.6 Å². The highest BCUT2D eigenvalue weighted by molar-refractivity contribution is 7.92. The number of benzene rings is 2. The van der Waals surface area contributed by atoms with Gasteiger partial charge in [0.2, 0.25) is 5.91 Å². The van der Waals surface area contributed by atoms with E-state index < -0.39 is 68.2 Å². The van der Waals surface area contributed by atoms with Gasteiger partial charge in [0.05, 0.1) is 38.9 Å². The first-order chi connectivity index (χ1) is 18.7. The van der Waals surface area contributed by atoms with E-state index in [1.165, 1.54) is 19.1 Å². The number of nitrogens with one attached hydrogen (secondary N) is 2. The number of amides is 2. The maximum absolute atomic E-state index is 13.7. The first-order valence-corrected chi connectivity index (χ1v) is 14.7. The highest BCUT2D eigenvalue weighted by Crippen LogP contribution is 2.53. The van der Waals surface area contributed by atoms with Crippen LogP contribution < -0.4 is 10.6 Å². The third kappa shape index (κ3) is 6.14. The van der Waals surface area contributed by atoms with E-state index in [1.54, 1.807) is 0 Å². The molecule has 0 aromatic heterocycles. The van der Waals surface area contributed by atoms with Crippen LogP contribution in [0.3, 0.4) is 0 Å². The zero-order chi connectivity index (χ0) is 29.4. The molecule has 3 unspecified atom stereocenters. The average molecular weight is 603 g/mol. The van der Waals surface area contributed by atoms with E-state index >= 15 is 0 Å². The molecule has 0 spiro atoms. The average Bonchev–Trinajstić information content (AvgIpc) is 3.04. The van der Waals surface area contributed by atoms with Gasteiger partial charge in [0.25, 0.3) is 12.3 Å². The summed E-state index contributed by atoms with van der Waals surface area (Å²) in [6.45, 7) is 1.56. The van der Waals surface area contributed by atoms with Gasteiger partial charge in [-0.1, -0.05) is 11.6 Å². The van der Waals surface area contributed by atoms with Crippen molar-refractivity contribution < 1.29 is 41.4 Å². The normalized spacial score (nSPS) is 25.1. The van der Waals surface area contributed by atoms with Crippen LogP contribution in [-0.2, 0) is 14.6 Å². The largest absolute Gasteiger partial charge is 0.392 e. The van der Waals surface area contributed by atoms with Crippen molar-refractivity contribution in [3.63, 3.8) is 0 Å². The van der Waals surface area contributed by atoms with Crippen LogP contribution in [-0.4, -0.2) is 53.9 Å². The van der Waals surface area contributed by atoms with Gasteiger partial charge in [0.15, 0.2) is 9.84 Å². The van der Waals surface area contributed by atoms with Crippen LogP contribution in [0.15, 0.2) is 41.3 Å². The van der Waals surface area contributed by atoms with E-state index in [4.69, 9.17) is 11.6 Å². The van der Waals surface area contributed by atoms with Crippen molar-refractivity contribution >= 4 is 38.9 Å². The Morgan fingerprint density at radius 1 is 1.12 bits per heavy atom. The van der Waals surface area contributed by atoms with Crippen molar-refractivity contribution in [2.75, 3.05) is 11.9 Å². The zero-order valence-corrected chi connectivity index (χ0v) is 23.1. The van der Waals surface area contributed by atoms with Crippen LogP contribution in [0.2, 0.25) is 5.02 Å². The Labute approximate surface area is 234 Å². The summed E-state index contributed by atoms with van der Waals surface area (Å²) in [5.74, 6) is -3.25. The van der Waals surface area contributed by atoms with E-state index in [-0.39, 0.29) is 47.0 Å². The minimum atomic E-state index is -4.08. The fourth-order valence-electron chi connectivity index (χ4n) is 5.77. The summed E-state index contributed by atoms with van der Waals surface area (Å²) >= 11 is 6.25. The van der Waals surface area contributed by atoms with Gasteiger partial charge in [0.1, 0.15) is 5.82 Å². The molecule has 2 aromatic rings. The molecular weight excluding hydrogens is 573 g/mol. The fraction of sp³-hybridized carbons (Fsp3) is 0.481. The number of alkyl halides is 2. The maximum Gasteiger partial charge on any atom is 0.266 e. The number of carbonyl (C=O) groups is 2. The molecule has 8 nitrogen and oxygen atoms in total. The highest BCUT2D eigenvalue weighted by atomic mass is 35.5. The van der Waals surface area contributed by atoms with Gasteiger partial charge in [-0.05, 0) is 80.8 Å². The number of fused-ring (bicyclic) bond motifs is 2. The second-order valence-electron chi connectivity index (χ2n) is 10.6. The molecule has 4 rings (SSSR count). The van der Waals surface area contributed by atoms with Crippen LogP contribution in [0.25, 0.3) is 0 Å². The summed E-state index contributed by atoms with van der Waals surface area (Å²) in [7, 11) is -4.08. The Kier molecular flexibility index (Phi) is 8.84. The summed E-state index contributed by atoms with van der Waals surface area (Å²) in [5, 5.41) is 24.7. The number of halogens is 4. The van der Waals surface area contributed by atoms with Gasteiger partial charge < -0.3 is 20.8 Å². The summed E-state index contributed by atoms with van der Waals surface area (Å²) in [6, 6.07) is 6.34. The molecule has 2 bridgehead atoms. The lowest BCUT2D eigenvalue weighted by Crippen LogP contribution is -2.51. The van der Waals surface area contributed by atoms with E-state index in [0.717, 1.165) is 24.3 Å². The number of rotatable bonds is 9. The predicted molar refractivity (Wildman–Crippen MR) is 141 cm³/mol. The lowest BCUT2D eigenvalue weighted by molar-refractivity contribution is -0.133. The lowest BCUT2D eigenvalue weighted by atomic mass is 9.72. The third-order valence-corrected chi connectivity index (χ3v) is 10.5. The lowest BCUT2D eigenvalue weighted by Gasteiger charge is -2.42. The van der Waals surface area contributed by atoms with E-state index in [2.05, 4.69) is 10.6 Å². The van der Waals surface area contributed by atoms with Gasteiger partial charge in [-0.3, -0.25) is 9.59 Å². The SMILES string of the molecule is C[C@H](O)CNC(=O)CC1(O)C2CC[C@H]1CC(S(=O)(=O)c1cc(C(=O)Nc3ccc(F)c(C(F)F)c3)ccc1Cl)C2. The van der Waals surface area contributed by atoms with Crippen molar-refractivity contribution in [1.29, 1.82) is 0 Å². The van der Waals surface area contributed by atoms with Crippen molar-refractivity contribution in [2.45, 2.75) is 67.3 Å². The third-order valence-electron chi connectivity index (χ3n) is 7.84. The highest BCUT2D eigenvalue weighted by Gasteiger charge is 2.56. The first-order valence-electron chi connectivity index (χ1n) is 12.8. The quantitative estimate of drug-likeness (QED) is 0.339. The molecule has 0 aliphatic heterocycles. The molecule has 2 aromatic carbocycles. The molecule has 4 N–H and O–H groups in total. The van der Waals surface area contributed by atoms with Crippen molar-refractivity contribution in [1.82, 2.24) is 5.32 Å². The first kappa shape index (κ1) is 30.3. The minimum absolute atomic E-state index is 0.0399. The Morgan fingerprint density at radius 3 is 2.38 bits per heavy atom. The summed E-state index contributed by atoms with van der Waals surface area (Å²) in [5.41, 5.74) is -2.45. The fourth-order valence-corrected chi connectivity index (χ4v) is 8.17.